The summed E-state index contributed by atoms with van der Waals surface area (Å²) in [6, 6.07) is 15.6. The first kappa shape index (κ1) is 23.4. The van der Waals surface area contributed by atoms with Crippen LogP contribution in [0.3, 0.4) is 0 Å². The summed E-state index contributed by atoms with van der Waals surface area (Å²) in [6.07, 6.45) is 3.47. The van der Waals surface area contributed by atoms with Gasteiger partial charge in [-0.1, -0.05) is 62.4 Å². The average Bonchev–Trinajstić information content (AvgIpc) is 3.42. The summed E-state index contributed by atoms with van der Waals surface area (Å²) in [4.78, 5) is 30.9. The number of nitrogens with zero attached hydrogens (tertiary/aromatic N) is 2. The molecule has 0 unspecified atom stereocenters. The smallest absolute Gasteiger partial charge is 0.362 e. The lowest BCUT2D eigenvalue weighted by Gasteiger charge is -2.22. The van der Waals surface area contributed by atoms with Crippen molar-refractivity contribution in [2.45, 2.75) is 39.5 Å². The van der Waals surface area contributed by atoms with E-state index in [9.17, 15) is 9.59 Å². The summed E-state index contributed by atoms with van der Waals surface area (Å²) in [7, 11) is 0. The first-order valence-electron chi connectivity index (χ1n) is 12.0. The Kier molecular flexibility index (Phi) is 6.10. The van der Waals surface area contributed by atoms with Crippen molar-refractivity contribution in [2.75, 3.05) is 12.3 Å². The number of fused-ring (bicyclic) bond motifs is 3. The molecule has 0 fully saturated rings. The van der Waals surface area contributed by atoms with Gasteiger partial charge in [0.2, 0.25) is 11.4 Å². The molecule has 2 aromatic heterocycles. The number of aromatic nitrogens is 2. The SMILES string of the molecule is CCOC(=O)C1=c2oc(=O)/c(=C\c3ccc(CC)cc3)n2-c2oc(N)nc2[C@H]1c1ccc(CC)cc1. The maximum Gasteiger partial charge on any atom is 0.362 e. The molecule has 0 saturated carbocycles. The summed E-state index contributed by atoms with van der Waals surface area (Å²) < 4.78 is 18.4. The summed E-state index contributed by atoms with van der Waals surface area (Å²) in [6.45, 7) is 6.02. The fourth-order valence-corrected chi connectivity index (χ4v) is 4.53. The van der Waals surface area contributed by atoms with Crippen LogP contribution in [-0.4, -0.2) is 22.1 Å². The van der Waals surface area contributed by atoms with Gasteiger partial charge in [0.05, 0.1) is 12.5 Å². The summed E-state index contributed by atoms with van der Waals surface area (Å²) in [5, 5.41) is 0.188. The van der Waals surface area contributed by atoms with Crippen molar-refractivity contribution in [1.82, 2.24) is 9.55 Å². The van der Waals surface area contributed by atoms with Gasteiger partial charge in [0.1, 0.15) is 16.6 Å². The molecule has 0 aliphatic carbocycles. The van der Waals surface area contributed by atoms with Gasteiger partial charge >= 0.3 is 11.6 Å². The molecule has 8 heteroatoms. The minimum absolute atomic E-state index is 0.0445. The van der Waals surface area contributed by atoms with Crippen molar-refractivity contribution in [3.8, 4) is 5.88 Å². The summed E-state index contributed by atoms with van der Waals surface area (Å²) >= 11 is 0. The van der Waals surface area contributed by atoms with Gasteiger partial charge in [-0.2, -0.15) is 4.98 Å². The van der Waals surface area contributed by atoms with E-state index in [1.165, 1.54) is 10.1 Å². The Balaban J connectivity index is 1.84. The van der Waals surface area contributed by atoms with Gasteiger partial charge in [-0.25, -0.2) is 14.2 Å². The number of carbonyl (C=O) groups is 1. The second-order valence-corrected chi connectivity index (χ2v) is 8.56. The van der Waals surface area contributed by atoms with Crippen molar-refractivity contribution in [2.24, 2.45) is 0 Å². The number of benzene rings is 2. The maximum absolute atomic E-state index is 13.3. The van der Waals surface area contributed by atoms with E-state index in [-0.39, 0.29) is 35.0 Å². The second-order valence-electron chi connectivity index (χ2n) is 8.56. The topological polar surface area (TPSA) is 113 Å². The molecule has 2 N–H and O–H groups in total. The van der Waals surface area contributed by atoms with Gasteiger partial charge in [-0.3, -0.25) is 0 Å². The normalized spacial score (nSPS) is 15.0. The Morgan fingerprint density at radius 1 is 1.03 bits per heavy atom. The lowest BCUT2D eigenvalue weighted by atomic mass is 9.86. The van der Waals surface area contributed by atoms with E-state index >= 15 is 0 Å². The molecule has 36 heavy (non-hydrogen) atoms. The minimum atomic E-state index is -0.687. The van der Waals surface area contributed by atoms with Gasteiger partial charge in [0.25, 0.3) is 6.01 Å². The molecule has 1 atom stereocenters. The third-order valence-electron chi connectivity index (χ3n) is 6.40. The molecule has 0 radical (unpaired) electrons. The number of anilines is 1. The molecular formula is C28H27N3O5. The van der Waals surface area contributed by atoms with Crippen molar-refractivity contribution in [3.05, 3.63) is 97.8 Å². The van der Waals surface area contributed by atoms with Gasteiger partial charge < -0.3 is 19.3 Å². The molecule has 2 aromatic carbocycles. The molecule has 1 aliphatic rings. The lowest BCUT2D eigenvalue weighted by Crippen LogP contribution is -2.37. The predicted molar refractivity (Wildman–Crippen MR) is 135 cm³/mol. The van der Waals surface area contributed by atoms with E-state index in [0.29, 0.717) is 5.69 Å². The number of hydrogen-bond acceptors (Lipinski definition) is 7. The van der Waals surface area contributed by atoms with Crippen molar-refractivity contribution < 1.29 is 18.4 Å². The number of esters is 1. The molecule has 0 bridgehead atoms. The molecule has 4 aromatic rings. The zero-order valence-corrected chi connectivity index (χ0v) is 20.4. The van der Waals surface area contributed by atoms with Crippen LogP contribution < -0.4 is 22.3 Å². The van der Waals surface area contributed by atoms with E-state index in [0.717, 1.165) is 29.5 Å². The Morgan fingerprint density at radius 2 is 1.67 bits per heavy atom. The predicted octanol–water partition coefficient (Wildman–Crippen LogP) is 2.81. The largest absolute Gasteiger partial charge is 0.462 e. The Labute approximate surface area is 207 Å². The molecule has 0 amide bonds. The second kappa shape index (κ2) is 9.37. The van der Waals surface area contributed by atoms with Crippen molar-refractivity contribution in [3.63, 3.8) is 0 Å². The fourth-order valence-electron chi connectivity index (χ4n) is 4.53. The Bertz CT molecular complexity index is 1610. The Hall–Kier alpha value is -4.33. The Morgan fingerprint density at radius 3 is 2.28 bits per heavy atom. The first-order valence-corrected chi connectivity index (χ1v) is 12.0. The van der Waals surface area contributed by atoms with E-state index in [2.05, 4.69) is 18.8 Å². The van der Waals surface area contributed by atoms with Crippen LogP contribution in [-0.2, 0) is 22.4 Å². The van der Waals surface area contributed by atoms with Crippen LogP contribution in [0.2, 0.25) is 0 Å². The molecule has 3 heterocycles. The van der Waals surface area contributed by atoms with Gasteiger partial charge in [0, 0.05) is 0 Å². The van der Waals surface area contributed by atoms with Crippen LogP contribution in [0.5, 0.6) is 0 Å². The number of nitrogen functional groups attached to an aromatic ring is 1. The minimum Gasteiger partial charge on any atom is -0.462 e. The molecule has 1 aliphatic heterocycles. The average molecular weight is 486 g/mol. The number of aryl methyl sites for hydroxylation is 2. The monoisotopic (exact) mass is 485 g/mol. The van der Waals surface area contributed by atoms with Gasteiger partial charge in [0.15, 0.2) is 0 Å². The molecule has 0 saturated heterocycles. The highest BCUT2D eigenvalue weighted by Crippen LogP contribution is 2.38. The summed E-state index contributed by atoms with van der Waals surface area (Å²) in [5.41, 5.74) is 9.89. The van der Waals surface area contributed by atoms with E-state index in [1.54, 1.807) is 13.0 Å². The number of hydrogen-bond donors (Lipinski definition) is 1. The van der Waals surface area contributed by atoms with Gasteiger partial charge in [-0.05, 0) is 48.1 Å². The first-order chi connectivity index (χ1) is 17.4. The molecular weight excluding hydrogens is 458 g/mol. The number of carbonyl (C=O) groups excluding carboxylic acids is 1. The molecule has 5 rings (SSSR count). The van der Waals surface area contributed by atoms with E-state index < -0.39 is 17.5 Å². The standard InChI is InChI=1S/C28H27N3O5/c1-4-16-7-9-18(10-8-16)15-20-26(32)35-24-22(27(33)34-6-3)21(19-13-11-17(5-2)12-14-19)23-25(31(20)24)36-28(29)30-23/h7-15,21H,4-6H2,1-3H3,(H2,29,30)/b20-15+/t21-/m0/s1. The maximum atomic E-state index is 13.3. The van der Waals surface area contributed by atoms with Crippen molar-refractivity contribution in [1.29, 1.82) is 0 Å². The van der Waals surface area contributed by atoms with Crippen LogP contribution in [0, 0.1) is 0 Å². The highest BCUT2D eigenvalue weighted by molar-refractivity contribution is 6.12. The number of ether oxygens (including phenoxy) is 1. The molecule has 8 nitrogen and oxygen atoms in total. The summed E-state index contributed by atoms with van der Waals surface area (Å²) in [5.74, 6) is -1.05. The molecule has 0 spiro atoms. The van der Waals surface area contributed by atoms with Crippen LogP contribution in [0.15, 0.2) is 62.2 Å². The molecule has 184 valence electrons. The zero-order chi connectivity index (χ0) is 25.4. The highest BCUT2D eigenvalue weighted by Gasteiger charge is 2.39. The van der Waals surface area contributed by atoms with Crippen LogP contribution in [0.1, 0.15) is 54.6 Å². The zero-order valence-electron chi connectivity index (χ0n) is 20.4. The number of rotatable bonds is 6. The van der Waals surface area contributed by atoms with E-state index in [4.69, 9.17) is 19.3 Å². The highest BCUT2D eigenvalue weighted by atomic mass is 16.5. The third kappa shape index (κ3) is 3.94. The third-order valence-corrected chi connectivity index (χ3v) is 6.40. The number of oxazole rings is 2. The van der Waals surface area contributed by atoms with Crippen LogP contribution in [0.4, 0.5) is 6.01 Å². The lowest BCUT2D eigenvalue weighted by molar-refractivity contribution is -0.136. The number of nitrogens with two attached hydrogens (primary N) is 1. The quantitative estimate of drug-likeness (QED) is 0.418. The van der Waals surface area contributed by atoms with Gasteiger partial charge in [-0.15, -0.1) is 0 Å². The van der Waals surface area contributed by atoms with Crippen LogP contribution >= 0.6 is 0 Å². The van der Waals surface area contributed by atoms with Crippen molar-refractivity contribution >= 4 is 23.6 Å². The van der Waals surface area contributed by atoms with E-state index in [1.807, 2.05) is 48.5 Å². The fraction of sp³-hybridized carbons (Fsp3) is 0.250. The van der Waals surface area contributed by atoms with Crippen LogP contribution in [0.25, 0.3) is 17.5 Å².